The average Bonchev–Trinajstić information content (AvgIpc) is 2.72. The van der Waals surface area contributed by atoms with Gasteiger partial charge in [-0.15, -0.1) is 0 Å². The van der Waals surface area contributed by atoms with E-state index in [1.54, 1.807) is 12.0 Å². The zero-order valence-corrected chi connectivity index (χ0v) is 16.1. The Hall–Kier alpha value is -2.32. The number of amides is 1. The maximum absolute atomic E-state index is 12.2. The first-order chi connectivity index (χ1) is 13.2. The highest BCUT2D eigenvalue weighted by atomic mass is 16.5. The van der Waals surface area contributed by atoms with E-state index in [0.29, 0.717) is 37.8 Å². The van der Waals surface area contributed by atoms with E-state index in [1.807, 2.05) is 24.4 Å². The molecule has 0 aromatic heterocycles. The normalized spacial score (nSPS) is 18.7. The molecule has 2 fully saturated rings. The molecule has 1 amide bonds. The Morgan fingerprint density at radius 2 is 1.89 bits per heavy atom. The van der Waals surface area contributed by atoms with Crippen molar-refractivity contribution in [2.75, 3.05) is 73.2 Å². The predicted molar refractivity (Wildman–Crippen MR) is 103 cm³/mol. The monoisotopic (exact) mass is 376 g/mol. The number of morpholine rings is 1. The molecule has 2 aliphatic heterocycles. The van der Waals surface area contributed by atoms with Gasteiger partial charge in [-0.05, 0) is 30.8 Å². The molecule has 8 heteroatoms. The summed E-state index contributed by atoms with van der Waals surface area (Å²) < 4.78 is 16.4. The molecule has 3 rings (SSSR count). The summed E-state index contributed by atoms with van der Waals surface area (Å²) in [6.45, 7) is 6.26. The Morgan fingerprint density at radius 3 is 2.59 bits per heavy atom. The summed E-state index contributed by atoms with van der Waals surface area (Å²) in [5.41, 5.74) is 0.928. The fourth-order valence-corrected chi connectivity index (χ4v) is 2.99. The Labute approximate surface area is 160 Å². The van der Waals surface area contributed by atoms with Crippen molar-refractivity contribution in [2.45, 2.75) is 0 Å². The topological polar surface area (TPSA) is 66.8 Å². The first kappa shape index (κ1) is 19.4. The van der Waals surface area contributed by atoms with Gasteiger partial charge in [0, 0.05) is 39.3 Å². The second kappa shape index (κ2) is 9.57. The van der Waals surface area contributed by atoms with Crippen LogP contribution in [0.3, 0.4) is 0 Å². The largest absolute Gasteiger partial charge is 0.493 e. The van der Waals surface area contributed by atoms with Gasteiger partial charge in [-0.1, -0.05) is 0 Å². The van der Waals surface area contributed by atoms with E-state index in [2.05, 4.69) is 22.1 Å². The molecule has 0 aliphatic carbocycles. The molecule has 0 unspecified atom stereocenters. The number of hydrogen-bond acceptors (Lipinski definition) is 7. The number of methoxy groups -OCH3 is 1. The molecule has 0 atom stereocenters. The van der Waals surface area contributed by atoms with Gasteiger partial charge in [-0.2, -0.15) is 5.10 Å². The molecule has 27 heavy (non-hydrogen) atoms. The van der Waals surface area contributed by atoms with Crippen molar-refractivity contribution < 1.29 is 19.0 Å². The van der Waals surface area contributed by atoms with Crippen LogP contribution < -0.4 is 9.47 Å². The highest BCUT2D eigenvalue weighted by Gasteiger charge is 2.18. The van der Waals surface area contributed by atoms with Crippen LogP contribution in [0, 0.1) is 0 Å². The summed E-state index contributed by atoms with van der Waals surface area (Å²) in [6.07, 6.45) is 1.83. The van der Waals surface area contributed by atoms with E-state index in [-0.39, 0.29) is 12.5 Å². The van der Waals surface area contributed by atoms with Crippen molar-refractivity contribution in [3.8, 4) is 11.5 Å². The number of carbonyl (C=O) groups excluding carboxylic acids is 1. The van der Waals surface area contributed by atoms with Crippen LogP contribution in [0.1, 0.15) is 5.56 Å². The van der Waals surface area contributed by atoms with Crippen molar-refractivity contribution in [3.05, 3.63) is 23.8 Å². The van der Waals surface area contributed by atoms with E-state index in [9.17, 15) is 4.79 Å². The predicted octanol–water partition coefficient (Wildman–Crippen LogP) is 0.514. The van der Waals surface area contributed by atoms with Crippen LogP contribution in [0.5, 0.6) is 11.5 Å². The second-order valence-corrected chi connectivity index (χ2v) is 6.69. The lowest BCUT2D eigenvalue weighted by molar-refractivity contribution is -0.137. The maximum Gasteiger partial charge on any atom is 0.260 e. The van der Waals surface area contributed by atoms with E-state index in [1.165, 1.54) is 0 Å². The number of ether oxygens (including phenoxy) is 3. The number of benzene rings is 1. The molecule has 2 saturated heterocycles. The summed E-state index contributed by atoms with van der Waals surface area (Å²) in [7, 11) is 3.71. The maximum atomic E-state index is 12.2. The molecule has 0 radical (unpaired) electrons. The minimum absolute atomic E-state index is 0.00884. The van der Waals surface area contributed by atoms with Gasteiger partial charge in [0.1, 0.15) is 0 Å². The van der Waals surface area contributed by atoms with Gasteiger partial charge in [-0.25, -0.2) is 0 Å². The van der Waals surface area contributed by atoms with Crippen molar-refractivity contribution in [1.82, 2.24) is 14.8 Å². The summed E-state index contributed by atoms with van der Waals surface area (Å²) in [6, 6.07) is 5.60. The summed E-state index contributed by atoms with van der Waals surface area (Å²) in [4.78, 5) is 16.3. The minimum Gasteiger partial charge on any atom is -0.493 e. The van der Waals surface area contributed by atoms with Crippen LogP contribution in [0.25, 0.3) is 0 Å². The standard InChI is InChI=1S/C19H28N4O4/c1-21-5-7-23(8-6-21)20-14-16-3-4-17(18(13-16)25-2)27-15-19(24)22-9-11-26-12-10-22/h3-4,13-14H,5-12,15H2,1-2H3/b20-14-. The summed E-state index contributed by atoms with van der Waals surface area (Å²) in [5.74, 6) is 1.10. The van der Waals surface area contributed by atoms with Gasteiger partial charge in [0.25, 0.3) is 5.91 Å². The lowest BCUT2D eigenvalue weighted by atomic mass is 10.2. The molecule has 0 bridgehead atoms. The summed E-state index contributed by atoms with van der Waals surface area (Å²) >= 11 is 0. The minimum atomic E-state index is -0.0407. The number of carbonyl (C=O) groups is 1. The fraction of sp³-hybridized carbons (Fsp3) is 0.579. The molecule has 2 aliphatic rings. The Bertz CT molecular complexity index is 653. The Balaban J connectivity index is 1.56. The van der Waals surface area contributed by atoms with Crippen LogP contribution in [0.4, 0.5) is 0 Å². The van der Waals surface area contributed by atoms with Gasteiger partial charge >= 0.3 is 0 Å². The van der Waals surface area contributed by atoms with Crippen LogP contribution in [-0.2, 0) is 9.53 Å². The van der Waals surface area contributed by atoms with Gasteiger partial charge in [0.2, 0.25) is 0 Å². The van der Waals surface area contributed by atoms with Crippen molar-refractivity contribution in [3.63, 3.8) is 0 Å². The van der Waals surface area contributed by atoms with E-state index < -0.39 is 0 Å². The smallest absolute Gasteiger partial charge is 0.260 e. The third-order valence-electron chi connectivity index (χ3n) is 4.75. The highest BCUT2D eigenvalue weighted by molar-refractivity contribution is 5.81. The molecule has 2 heterocycles. The van der Waals surface area contributed by atoms with Gasteiger partial charge in [0.05, 0.1) is 26.5 Å². The number of rotatable bonds is 6. The van der Waals surface area contributed by atoms with Crippen LogP contribution in [-0.4, -0.2) is 100 Å². The fourth-order valence-electron chi connectivity index (χ4n) is 2.99. The second-order valence-electron chi connectivity index (χ2n) is 6.69. The zero-order chi connectivity index (χ0) is 19.1. The van der Waals surface area contributed by atoms with Gasteiger partial charge in [0.15, 0.2) is 18.1 Å². The third kappa shape index (κ3) is 5.58. The van der Waals surface area contributed by atoms with Crippen molar-refractivity contribution >= 4 is 12.1 Å². The third-order valence-corrected chi connectivity index (χ3v) is 4.75. The quantitative estimate of drug-likeness (QED) is 0.674. The van der Waals surface area contributed by atoms with E-state index in [0.717, 1.165) is 31.7 Å². The lowest BCUT2D eigenvalue weighted by Gasteiger charge is -2.30. The van der Waals surface area contributed by atoms with E-state index >= 15 is 0 Å². The molecular weight excluding hydrogens is 348 g/mol. The molecule has 0 spiro atoms. The summed E-state index contributed by atoms with van der Waals surface area (Å²) in [5, 5.41) is 6.61. The van der Waals surface area contributed by atoms with Crippen LogP contribution >= 0.6 is 0 Å². The number of hydrogen-bond donors (Lipinski definition) is 0. The highest BCUT2D eigenvalue weighted by Crippen LogP contribution is 2.27. The average molecular weight is 376 g/mol. The van der Waals surface area contributed by atoms with Crippen LogP contribution in [0.15, 0.2) is 23.3 Å². The molecule has 1 aromatic rings. The number of hydrazone groups is 1. The first-order valence-corrected chi connectivity index (χ1v) is 9.29. The molecular formula is C19H28N4O4. The Morgan fingerprint density at radius 1 is 1.15 bits per heavy atom. The molecule has 0 saturated carbocycles. The molecule has 0 N–H and O–H groups in total. The van der Waals surface area contributed by atoms with Crippen LogP contribution in [0.2, 0.25) is 0 Å². The van der Waals surface area contributed by atoms with Gasteiger partial charge in [-0.3, -0.25) is 9.80 Å². The van der Waals surface area contributed by atoms with E-state index in [4.69, 9.17) is 14.2 Å². The van der Waals surface area contributed by atoms with Crippen molar-refractivity contribution in [1.29, 1.82) is 0 Å². The number of nitrogens with zero attached hydrogens (tertiary/aromatic N) is 4. The van der Waals surface area contributed by atoms with Gasteiger partial charge < -0.3 is 24.0 Å². The molecule has 8 nitrogen and oxygen atoms in total. The molecule has 1 aromatic carbocycles. The number of piperazine rings is 1. The molecule has 148 valence electrons. The van der Waals surface area contributed by atoms with Crippen molar-refractivity contribution in [2.24, 2.45) is 5.10 Å². The number of likely N-dealkylation sites (N-methyl/N-ethyl adjacent to an activating group) is 1. The lowest BCUT2D eigenvalue weighted by Crippen LogP contribution is -2.43. The SMILES string of the molecule is COc1cc(/C=N\N2CCN(C)CC2)ccc1OCC(=O)N1CCOCC1. The Kier molecular flexibility index (Phi) is 6.89. The zero-order valence-electron chi connectivity index (χ0n) is 16.1. The first-order valence-electron chi connectivity index (χ1n) is 9.29.